The molecule has 3 N–H and O–H groups in total. The Labute approximate surface area is 203 Å². The van der Waals surface area contributed by atoms with E-state index in [1.54, 1.807) is 6.92 Å². The van der Waals surface area contributed by atoms with Gasteiger partial charge in [-0.1, -0.05) is 48.5 Å². The van der Waals surface area contributed by atoms with Crippen LogP contribution in [0.1, 0.15) is 43.2 Å². The highest BCUT2D eigenvalue weighted by Crippen LogP contribution is 2.44. The topological polar surface area (TPSA) is 125 Å². The molecule has 0 saturated carbocycles. The lowest BCUT2D eigenvalue weighted by molar-refractivity contribution is -0.138. The largest absolute Gasteiger partial charge is 0.481 e. The van der Waals surface area contributed by atoms with Crippen molar-refractivity contribution in [1.29, 1.82) is 0 Å². The molecule has 9 heteroatoms. The zero-order chi connectivity index (χ0) is 24.9. The van der Waals surface area contributed by atoms with Gasteiger partial charge in [-0.3, -0.25) is 14.4 Å². The monoisotopic (exact) mass is 479 g/mol. The number of alkyl carbamates (subject to hydrolysis) is 1. The first-order chi connectivity index (χ1) is 16.8. The number of amides is 3. The van der Waals surface area contributed by atoms with Gasteiger partial charge in [0.2, 0.25) is 11.8 Å². The number of carbonyl (C=O) groups excluding carboxylic acids is 3. The highest BCUT2D eigenvalue weighted by Gasteiger charge is 2.33. The van der Waals surface area contributed by atoms with Gasteiger partial charge in [-0.25, -0.2) is 4.79 Å². The Morgan fingerprint density at radius 3 is 2.37 bits per heavy atom. The Balaban J connectivity index is 1.44. The van der Waals surface area contributed by atoms with E-state index in [2.05, 4.69) is 10.6 Å². The predicted molar refractivity (Wildman–Crippen MR) is 128 cm³/mol. The zero-order valence-electron chi connectivity index (χ0n) is 19.5. The van der Waals surface area contributed by atoms with Gasteiger partial charge in [0.1, 0.15) is 12.6 Å². The number of nitrogens with one attached hydrogen (secondary N) is 2. The van der Waals surface area contributed by atoms with Crippen molar-refractivity contribution in [2.75, 3.05) is 19.7 Å². The number of benzene rings is 2. The molecule has 3 amide bonds. The SMILES string of the molecule is CC1CC(=O)NCCN1C(=O)C(CCC(=O)O)NC(=O)OCC1c2ccccc2-c2ccccc21. The molecule has 9 nitrogen and oxygen atoms in total. The van der Waals surface area contributed by atoms with Gasteiger partial charge in [0, 0.05) is 37.9 Å². The second-order valence-corrected chi connectivity index (χ2v) is 8.89. The molecule has 0 spiro atoms. The van der Waals surface area contributed by atoms with Gasteiger partial charge >= 0.3 is 12.1 Å². The lowest BCUT2D eigenvalue weighted by Gasteiger charge is -2.30. The molecule has 0 aromatic heterocycles. The Morgan fingerprint density at radius 1 is 1.11 bits per heavy atom. The molecule has 2 aliphatic rings. The van der Waals surface area contributed by atoms with Gasteiger partial charge in [-0.2, -0.15) is 0 Å². The molecule has 1 aliphatic carbocycles. The van der Waals surface area contributed by atoms with Gasteiger partial charge in [0.05, 0.1) is 0 Å². The quantitative estimate of drug-likeness (QED) is 0.560. The third-order valence-corrected chi connectivity index (χ3v) is 6.55. The van der Waals surface area contributed by atoms with Crippen molar-refractivity contribution in [3.05, 3.63) is 59.7 Å². The molecule has 35 heavy (non-hydrogen) atoms. The van der Waals surface area contributed by atoms with E-state index in [0.29, 0.717) is 6.54 Å². The zero-order valence-corrected chi connectivity index (χ0v) is 19.5. The first-order valence-electron chi connectivity index (χ1n) is 11.8. The van der Waals surface area contributed by atoms with Crippen LogP contribution in [0.2, 0.25) is 0 Å². The maximum Gasteiger partial charge on any atom is 0.407 e. The van der Waals surface area contributed by atoms with Crippen LogP contribution in [0.5, 0.6) is 0 Å². The summed E-state index contributed by atoms with van der Waals surface area (Å²) in [5, 5.41) is 14.4. The van der Waals surface area contributed by atoms with Crippen LogP contribution in [0.3, 0.4) is 0 Å². The average Bonchev–Trinajstić information content (AvgIpc) is 3.05. The third kappa shape index (κ3) is 5.45. The summed E-state index contributed by atoms with van der Waals surface area (Å²) in [6.07, 6.45) is -1.02. The molecular formula is C26H29N3O6. The number of rotatable bonds is 7. The second-order valence-electron chi connectivity index (χ2n) is 8.89. The summed E-state index contributed by atoms with van der Waals surface area (Å²) < 4.78 is 5.55. The molecule has 1 fully saturated rings. The molecule has 1 saturated heterocycles. The van der Waals surface area contributed by atoms with Gasteiger partial charge < -0.3 is 25.4 Å². The minimum absolute atomic E-state index is 0.0804. The molecule has 1 heterocycles. The fourth-order valence-corrected chi connectivity index (χ4v) is 4.82. The molecule has 2 atom stereocenters. The fourth-order valence-electron chi connectivity index (χ4n) is 4.82. The number of hydrogen-bond donors (Lipinski definition) is 3. The Hall–Kier alpha value is -3.88. The molecule has 2 aromatic carbocycles. The first-order valence-corrected chi connectivity index (χ1v) is 11.8. The van der Waals surface area contributed by atoms with E-state index in [1.807, 2.05) is 48.5 Å². The number of ether oxygens (including phenoxy) is 1. The third-order valence-electron chi connectivity index (χ3n) is 6.55. The molecule has 0 radical (unpaired) electrons. The van der Waals surface area contributed by atoms with Crippen LogP contribution in [-0.4, -0.2) is 65.7 Å². The van der Waals surface area contributed by atoms with Crippen molar-refractivity contribution in [3.8, 4) is 11.1 Å². The summed E-state index contributed by atoms with van der Waals surface area (Å²) in [6, 6.07) is 14.5. The predicted octanol–water partition coefficient (Wildman–Crippen LogP) is 2.50. The van der Waals surface area contributed by atoms with Crippen LogP contribution in [0.25, 0.3) is 11.1 Å². The minimum atomic E-state index is -1.07. The van der Waals surface area contributed by atoms with E-state index in [0.717, 1.165) is 22.3 Å². The summed E-state index contributed by atoms with van der Waals surface area (Å²) in [4.78, 5) is 50.4. The van der Waals surface area contributed by atoms with Crippen molar-refractivity contribution < 1.29 is 29.0 Å². The number of hydrogen-bond acceptors (Lipinski definition) is 5. The van der Waals surface area contributed by atoms with E-state index >= 15 is 0 Å². The lowest BCUT2D eigenvalue weighted by atomic mass is 9.98. The fraction of sp³-hybridized carbons (Fsp3) is 0.385. The average molecular weight is 480 g/mol. The number of aliphatic carboxylic acids is 1. The van der Waals surface area contributed by atoms with Crippen LogP contribution in [-0.2, 0) is 19.1 Å². The van der Waals surface area contributed by atoms with Gasteiger partial charge in [-0.05, 0) is 35.6 Å². The van der Waals surface area contributed by atoms with E-state index < -0.39 is 24.0 Å². The maximum atomic E-state index is 13.2. The van der Waals surface area contributed by atoms with Crippen LogP contribution in [0.15, 0.2) is 48.5 Å². The second kappa shape index (κ2) is 10.6. The smallest absolute Gasteiger partial charge is 0.407 e. The summed E-state index contributed by atoms with van der Waals surface area (Å²) in [5.41, 5.74) is 4.33. The lowest BCUT2D eigenvalue weighted by Crippen LogP contribution is -2.52. The van der Waals surface area contributed by atoms with Crippen molar-refractivity contribution in [3.63, 3.8) is 0 Å². The summed E-state index contributed by atoms with van der Waals surface area (Å²) in [6.45, 7) is 2.41. The van der Waals surface area contributed by atoms with E-state index in [9.17, 15) is 19.2 Å². The normalized spacial score (nSPS) is 18.0. The Morgan fingerprint density at radius 2 is 1.74 bits per heavy atom. The molecule has 184 valence electrons. The van der Waals surface area contributed by atoms with Crippen LogP contribution in [0.4, 0.5) is 4.79 Å². The highest BCUT2D eigenvalue weighted by atomic mass is 16.5. The highest BCUT2D eigenvalue weighted by molar-refractivity contribution is 5.87. The molecule has 2 aromatic rings. The number of carbonyl (C=O) groups is 4. The number of carboxylic acid groups (broad SMARTS) is 1. The van der Waals surface area contributed by atoms with Crippen LogP contribution in [0, 0.1) is 0 Å². The summed E-state index contributed by atoms with van der Waals surface area (Å²) in [7, 11) is 0. The van der Waals surface area contributed by atoms with Crippen molar-refractivity contribution in [2.24, 2.45) is 0 Å². The summed E-state index contributed by atoms with van der Waals surface area (Å²) in [5.74, 6) is -1.79. The van der Waals surface area contributed by atoms with Crippen LogP contribution < -0.4 is 10.6 Å². The van der Waals surface area contributed by atoms with Crippen molar-refractivity contribution >= 4 is 23.9 Å². The Bertz CT molecular complexity index is 1090. The standard InChI is InChI=1S/C26H29N3O6/c1-16-14-23(30)27-12-13-29(16)25(33)22(10-11-24(31)32)28-26(34)35-15-21-19-8-4-2-6-17(19)18-7-3-5-9-20(18)21/h2-9,16,21-22H,10-15H2,1H3,(H,27,30)(H,28,34)(H,31,32). The van der Waals surface area contributed by atoms with E-state index in [-0.39, 0.29) is 50.3 Å². The van der Waals surface area contributed by atoms with Gasteiger partial charge in [-0.15, -0.1) is 0 Å². The molecule has 2 unspecified atom stereocenters. The Kier molecular flexibility index (Phi) is 7.33. The minimum Gasteiger partial charge on any atom is -0.481 e. The molecule has 1 aliphatic heterocycles. The first kappa shape index (κ1) is 24.3. The number of nitrogens with zero attached hydrogens (tertiary/aromatic N) is 1. The number of fused-ring (bicyclic) bond motifs is 3. The summed E-state index contributed by atoms with van der Waals surface area (Å²) >= 11 is 0. The van der Waals surface area contributed by atoms with Gasteiger partial charge in [0.25, 0.3) is 0 Å². The van der Waals surface area contributed by atoms with E-state index in [4.69, 9.17) is 9.84 Å². The maximum absolute atomic E-state index is 13.2. The van der Waals surface area contributed by atoms with Gasteiger partial charge in [0.15, 0.2) is 0 Å². The van der Waals surface area contributed by atoms with E-state index in [1.165, 1.54) is 4.90 Å². The van der Waals surface area contributed by atoms with Crippen LogP contribution >= 0.6 is 0 Å². The van der Waals surface area contributed by atoms with Crippen molar-refractivity contribution in [1.82, 2.24) is 15.5 Å². The molecular weight excluding hydrogens is 450 g/mol. The molecule has 4 rings (SSSR count). The van der Waals surface area contributed by atoms with Crippen molar-refractivity contribution in [2.45, 2.75) is 44.2 Å². The number of carboxylic acids is 1. The molecule has 0 bridgehead atoms.